The fourth-order valence-electron chi connectivity index (χ4n) is 2.13. The number of carbonyl (C=O) groups excluding carboxylic acids is 1. The summed E-state index contributed by atoms with van der Waals surface area (Å²) < 4.78 is 14.7. The molecule has 0 bridgehead atoms. The molecule has 1 aromatic heterocycles. The van der Waals surface area contributed by atoms with Crippen LogP contribution in [0, 0.1) is 5.82 Å². The summed E-state index contributed by atoms with van der Waals surface area (Å²) in [4.78, 5) is 12.1. The van der Waals surface area contributed by atoms with Gasteiger partial charge in [-0.15, -0.1) is 10.2 Å². The predicted octanol–water partition coefficient (Wildman–Crippen LogP) is 3.60. The van der Waals surface area contributed by atoms with E-state index in [2.05, 4.69) is 10.2 Å². The Morgan fingerprint density at radius 1 is 1.09 bits per heavy atom. The van der Waals surface area contributed by atoms with Gasteiger partial charge in [0.25, 0.3) is 0 Å². The van der Waals surface area contributed by atoms with Gasteiger partial charge >= 0.3 is 0 Å². The van der Waals surface area contributed by atoms with Crippen molar-refractivity contribution in [2.24, 2.45) is 7.05 Å². The zero-order valence-corrected chi connectivity index (χ0v) is 13.3. The summed E-state index contributed by atoms with van der Waals surface area (Å²) in [5.74, 6) is 0.559. The highest BCUT2D eigenvalue weighted by Gasteiger charge is 2.13. The van der Waals surface area contributed by atoms with E-state index in [1.54, 1.807) is 0 Å². The SMILES string of the molecule is Cn1c(SCC(=O)c2ccc(F)cc2)nnc1-c1ccccc1. The van der Waals surface area contributed by atoms with Crippen LogP contribution in [0.4, 0.5) is 4.39 Å². The van der Waals surface area contributed by atoms with Gasteiger partial charge in [-0.3, -0.25) is 4.79 Å². The molecule has 0 aliphatic rings. The van der Waals surface area contributed by atoms with Crippen molar-refractivity contribution in [1.29, 1.82) is 0 Å². The van der Waals surface area contributed by atoms with E-state index in [1.807, 2.05) is 41.9 Å². The molecule has 0 fully saturated rings. The molecule has 0 aliphatic carbocycles. The average molecular weight is 327 g/mol. The molecule has 116 valence electrons. The number of ketones is 1. The summed E-state index contributed by atoms with van der Waals surface area (Å²) in [6, 6.07) is 15.3. The van der Waals surface area contributed by atoms with E-state index >= 15 is 0 Å². The largest absolute Gasteiger partial charge is 0.305 e. The Labute approximate surface area is 137 Å². The highest BCUT2D eigenvalue weighted by Crippen LogP contribution is 2.23. The van der Waals surface area contributed by atoms with Gasteiger partial charge in [0.05, 0.1) is 5.75 Å². The van der Waals surface area contributed by atoms with Gasteiger partial charge in [-0.05, 0) is 24.3 Å². The molecule has 0 aliphatic heterocycles. The Kier molecular flexibility index (Phi) is 4.52. The van der Waals surface area contributed by atoms with Gasteiger partial charge in [-0.2, -0.15) is 0 Å². The molecular formula is C17H14FN3OS. The van der Waals surface area contributed by atoms with Gasteiger partial charge in [0.2, 0.25) is 0 Å². The van der Waals surface area contributed by atoms with Crippen LogP contribution in [0.15, 0.2) is 59.8 Å². The Morgan fingerprint density at radius 2 is 1.78 bits per heavy atom. The Hall–Kier alpha value is -2.47. The second-order valence-electron chi connectivity index (χ2n) is 4.95. The first kappa shape index (κ1) is 15.4. The average Bonchev–Trinajstić information content (AvgIpc) is 2.95. The van der Waals surface area contributed by atoms with E-state index in [1.165, 1.54) is 36.0 Å². The van der Waals surface area contributed by atoms with Crippen molar-refractivity contribution in [1.82, 2.24) is 14.8 Å². The molecule has 0 N–H and O–H groups in total. The van der Waals surface area contributed by atoms with Crippen molar-refractivity contribution in [3.05, 3.63) is 66.0 Å². The minimum atomic E-state index is -0.352. The summed E-state index contributed by atoms with van der Waals surface area (Å²) in [6.07, 6.45) is 0. The molecule has 0 spiro atoms. The third kappa shape index (κ3) is 3.48. The van der Waals surface area contributed by atoms with Crippen LogP contribution in [0.3, 0.4) is 0 Å². The molecule has 0 atom stereocenters. The minimum absolute atomic E-state index is 0.0701. The van der Waals surface area contributed by atoms with Crippen LogP contribution < -0.4 is 0 Å². The monoisotopic (exact) mass is 327 g/mol. The minimum Gasteiger partial charge on any atom is -0.305 e. The summed E-state index contributed by atoms with van der Waals surface area (Å²) in [6.45, 7) is 0. The fourth-order valence-corrected chi connectivity index (χ4v) is 2.93. The number of Topliss-reactive ketones (excluding diaryl/α,β-unsaturated/α-hetero) is 1. The molecule has 0 saturated carbocycles. The second kappa shape index (κ2) is 6.75. The number of thioether (sulfide) groups is 1. The van der Waals surface area contributed by atoms with Crippen LogP contribution in [-0.4, -0.2) is 26.3 Å². The molecule has 0 saturated heterocycles. The van der Waals surface area contributed by atoms with Gasteiger partial charge in [-0.25, -0.2) is 4.39 Å². The number of nitrogens with zero attached hydrogens (tertiary/aromatic N) is 3. The Bertz CT molecular complexity index is 816. The molecule has 2 aromatic carbocycles. The third-order valence-electron chi connectivity index (χ3n) is 3.37. The van der Waals surface area contributed by atoms with Gasteiger partial charge in [0, 0.05) is 18.2 Å². The third-order valence-corrected chi connectivity index (χ3v) is 4.39. The van der Waals surface area contributed by atoms with Crippen molar-refractivity contribution in [3.8, 4) is 11.4 Å². The van der Waals surface area contributed by atoms with Gasteiger partial charge in [0.1, 0.15) is 5.82 Å². The highest BCUT2D eigenvalue weighted by atomic mass is 32.2. The Morgan fingerprint density at radius 3 is 2.48 bits per heavy atom. The molecule has 0 unspecified atom stereocenters. The van der Waals surface area contributed by atoms with Crippen LogP contribution in [0.5, 0.6) is 0 Å². The Balaban J connectivity index is 1.71. The molecule has 0 radical (unpaired) electrons. The zero-order chi connectivity index (χ0) is 16.2. The van der Waals surface area contributed by atoms with E-state index in [9.17, 15) is 9.18 Å². The van der Waals surface area contributed by atoms with E-state index in [-0.39, 0.29) is 17.4 Å². The molecular weight excluding hydrogens is 313 g/mol. The number of benzene rings is 2. The summed E-state index contributed by atoms with van der Waals surface area (Å²) in [5, 5.41) is 8.98. The highest BCUT2D eigenvalue weighted by molar-refractivity contribution is 7.99. The molecule has 3 rings (SSSR count). The molecule has 4 nitrogen and oxygen atoms in total. The molecule has 1 heterocycles. The topological polar surface area (TPSA) is 47.8 Å². The maximum Gasteiger partial charge on any atom is 0.191 e. The smallest absolute Gasteiger partial charge is 0.191 e. The summed E-state index contributed by atoms with van der Waals surface area (Å²) in [5.41, 5.74) is 1.46. The van der Waals surface area contributed by atoms with Crippen LogP contribution in [0.1, 0.15) is 10.4 Å². The van der Waals surface area contributed by atoms with Crippen molar-refractivity contribution < 1.29 is 9.18 Å². The summed E-state index contributed by atoms with van der Waals surface area (Å²) in [7, 11) is 1.87. The number of hydrogen-bond acceptors (Lipinski definition) is 4. The summed E-state index contributed by atoms with van der Waals surface area (Å²) >= 11 is 1.32. The number of hydrogen-bond donors (Lipinski definition) is 0. The molecule has 23 heavy (non-hydrogen) atoms. The van der Waals surface area contributed by atoms with E-state index in [0.29, 0.717) is 10.7 Å². The molecule has 0 amide bonds. The van der Waals surface area contributed by atoms with Crippen molar-refractivity contribution in [3.63, 3.8) is 0 Å². The van der Waals surface area contributed by atoms with Gasteiger partial charge in [-0.1, -0.05) is 42.1 Å². The van der Waals surface area contributed by atoms with Crippen molar-refractivity contribution in [2.45, 2.75) is 5.16 Å². The second-order valence-corrected chi connectivity index (χ2v) is 5.89. The van der Waals surface area contributed by atoms with Crippen LogP contribution in [0.2, 0.25) is 0 Å². The normalized spacial score (nSPS) is 10.7. The van der Waals surface area contributed by atoms with E-state index < -0.39 is 0 Å². The zero-order valence-electron chi connectivity index (χ0n) is 12.4. The van der Waals surface area contributed by atoms with Crippen molar-refractivity contribution >= 4 is 17.5 Å². The van der Waals surface area contributed by atoms with Crippen LogP contribution >= 0.6 is 11.8 Å². The van der Waals surface area contributed by atoms with Crippen LogP contribution in [0.25, 0.3) is 11.4 Å². The van der Waals surface area contributed by atoms with Crippen molar-refractivity contribution in [2.75, 3.05) is 5.75 Å². The van der Waals surface area contributed by atoms with Crippen LogP contribution in [-0.2, 0) is 7.05 Å². The number of carbonyl (C=O) groups is 1. The quantitative estimate of drug-likeness (QED) is 0.531. The number of rotatable bonds is 5. The number of halogens is 1. The van der Waals surface area contributed by atoms with Gasteiger partial charge in [0.15, 0.2) is 16.8 Å². The first-order valence-corrected chi connectivity index (χ1v) is 8.00. The lowest BCUT2D eigenvalue weighted by molar-refractivity contribution is 0.102. The van der Waals surface area contributed by atoms with E-state index in [4.69, 9.17) is 0 Å². The van der Waals surface area contributed by atoms with E-state index in [0.717, 1.165) is 11.4 Å². The standard InChI is InChI=1S/C17H14FN3OS/c1-21-16(13-5-3-2-4-6-13)19-20-17(21)23-11-15(22)12-7-9-14(18)10-8-12/h2-10H,11H2,1H3. The lowest BCUT2D eigenvalue weighted by atomic mass is 10.1. The molecule has 3 aromatic rings. The maximum absolute atomic E-state index is 12.9. The first-order valence-electron chi connectivity index (χ1n) is 7.01. The predicted molar refractivity (Wildman–Crippen MR) is 87.9 cm³/mol. The fraction of sp³-hybridized carbons (Fsp3) is 0.118. The lowest BCUT2D eigenvalue weighted by Gasteiger charge is -2.04. The molecule has 6 heteroatoms. The number of aromatic nitrogens is 3. The van der Waals surface area contributed by atoms with Gasteiger partial charge < -0.3 is 4.57 Å². The lowest BCUT2D eigenvalue weighted by Crippen LogP contribution is -2.04. The first-order chi connectivity index (χ1) is 11.1. The maximum atomic E-state index is 12.9.